The molecular formula is C28H39N3O2. The summed E-state index contributed by atoms with van der Waals surface area (Å²) >= 11 is 0. The smallest absolute Gasteiger partial charge is 0.225 e. The highest BCUT2D eigenvalue weighted by molar-refractivity contribution is 5.79. The lowest BCUT2D eigenvalue weighted by molar-refractivity contribution is -0.137. The molecule has 2 fully saturated rings. The number of likely N-dealkylation sites (tertiary alicyclic amines) is 1. The number of likely N-dealkylation sites (N-methyl/N-ethyl adjacent to an activating group) is 1. The highest BCUT2D eigenvalue weighted by atomic mass is 16.5. The monoisotopic (exact) mass is 449 g/mol. The summed E-state index contributed by atoms with van der Waals surface area (Å²) in [5.74, 6) is 2.09. The molecule has 2 heterocycles. The van der Waals surface area contributed by atoms with Crippen LogP contribution in [0.3, 0.4) is 0 Å². The normalized spacial score (nSPS) is 19.2. The largest absolute Gasteiger partial charge is 0.496 e. The second-order valence-electron chi connectivity index (χ2n) is 9.82. The summed E-state index contributed by atoms with van der Waals surface area (Å²) in [6, 6.07) is 12.7. The minimum absolute atomic E-state index is 0.173. The van der Waals surface area contributed by atoms with Gasteiger partial charge in [-0.1, -0.05) is 43.5 Å². The Hall–Kier alpha value is -2.40. The van der Waals surface area contributed by atoms with Crippen molar-refractivity contribution in [3.63, 3.8) is 0 Å². The van der Waals surface area contributed by atoms with Crippen molar-refractivity contribution in [1.82, 2.24) is 14.8 Å². The number of benzene rings is 1. The third-order valence-corrected chi connectivity index (χ3v) is 7.68. The van der Waals surface area contributed by atoms with Gasteiger partial charge in [0.15, 0.2) is 0 Å². The predicted octanol–water partition coefficient (Wildman–Crippen LogP) is 4.92. The molecule has 1 atom stereocenters. The molecule has 178 valence electrons. The molecule has 2 aromatic rings. The molecule has 2 aliphatic rings. The Balaban J connectivity index is 1.41. The van der Waals surface area contributed by atoms with Gasteiger partial charge < -0.3 is 14.5 Å². The summed E-state index contributed by atoms with van der Waals surface area (Å²) < 4.78 is 5.61. The average Bonchev–Trinajstić information content (AvgIpc) is 2.89. The zero-order valence-electron chi connectivity index (χ0n) is 20.3. The van der Waals surface area contributed by atoms with Crippen molar-refractivity contribution in [3.8, 4) is 5.75 Å². The fraction of sp³-hybridized carbons (Fsp3) is 0.571. The first-order chi connectivity index (χ1) is 16.2. The average molecular weight is 450 g/mol. The number of para-hydroxylation sites is 1. The van der Waals surface area contributed by atoms with E-state index in [4.69, 9.17) is 4.74 Å². The molecule has 4 rings (SSSR count). The second kappa shape index (κ2) is 11.6. The molecule has 1 aliphatic heterocycles. The topological polar surface area (TPSA) is 45.7 Å². The van der Waals surface area contributed by atoms with Crippen molar-refractivity contribution in [3.05, 3.63) is 59.9 Å². The number of ether oxygens (including phenoxy) is 1. The SMILES string of the molecule is COc1ccccc1C1CCN(C[C@@H](Cc2cccnc2)N(C)C(=O)C2CCCCC2)CC1. The lowest BCUT2D eigenvalue weighted by Gasteiger charge is -2.39. The predicted molar refractivity (Wildman–Crippen MR) is 132 cm³/mol. The van der Waals surface area contributed by atoms with Gasteiger partial charge in [0.25, 0.3) is 0 Å². The molecule has 0 bridgehead atoms. The first-order valence-corrected chi connectivity index (χ1v) is 12.7. The third-order valence-electron chi connectivity index (χ3n) is 7.68. The summed E-state index contributed by atoms with van der Waals surface area (Å²) in [4.78, 5) is 22.3. The van der Waals surface area contributed by atoms with Gasteiger partial charge in [-0.25, -0.2) is 0 Å². The fourth-order valence-electron chi connectivity index (χ4n) is 5.66. The Kier molecular flexibility index (Phi) is 8.38. The minimum atomic E-state index is 0.173. The molecule has 5 heteroatoms. The molecule has 33 heavy (non-hydrogen) atoms. The van der Waals surface area contributed by atoms with Crippen LogP contribution >= 0.6 is 0 Å². The van der Waals surface area contributed by atoms with Crippen LogP contribution in [0.4, 0.5) is 0 Å². The molecule has 1 saturated heterocycles. The lowest BCUT2D eigenvalue weighted by Crippen LogP contribution is -2.49. The van der Waals surface area contributed by atoms with Crippen LogP contribution in [0, 0.1) is 5.92 Å². The van der Waals surface area contributed by atoms with Crippen LogP contribution in [-0.4, -0.2) is 60.5 Å². The lowest BCUT2D eigenvalue weighted by atomic mass is 9.87. The maximum Gasteiger partial charge on any atom is 0.225 e. The zero-order valence-corrected chi connectivity index (χ0v) is 20.3. The molecule has 0 unspecified atom stereocenters. The van der Waals surface area contributed by atoms with E-state index in [0.29, 0.717) is 11.8 Å². The van der Waals surface area contributed by atoms with Gasteiger partial charge in [-0.15, -0.1) is 0 Å². The van der Waals surface area contributed by atoms with Gasteiger partial charge in [0.1, 0.15) is 5.75 Å². The van der Waals surface area contributed by atoms with Crippen molar-refractivity contribution in [1.29, 1.82) is 0 Å². The summed E-state index contributed by atoms with van der Waals surface area (Å²) in [6.07, 6.45) is 12.6. The number of nitrogens with zero attached hydrogens (tertiary/aromatic N) is 3. The molecule has 0 radical (unpaired) electrons. The van der Waals surface area contributed by atoms with Crippen molar-refractivity contribution in [2.45, 2.75) is 63.3 Å². The Morgan fingerprint density at radius 1 is 1.09 bits per heavy atom. The van der Waals surface area contributed by atoms with E-state index < -0.39 is 0 Å². The van der Waals surface area contributed by atoms with Gasteiger partial charge in [0, 0.05) is 37.9 Å². The second-order valence-corrected chi connectivity index (χ2v) is 9.82. The molecule has 5 nitrogen and oxygen atoms in total. The van der Waals surface area contributed by atoms with E-state index in [9.17, 15) is 4.79 Å². The standard InChI is InChI=1S/C28H39N3O2/c1-30(28(32)24-10-4-3-5-11-24)25(19-22-9-8-16-29-20-22)21-31-17-14-23(15-18-31)26-12-6-7-13-27(26)33-2/h6-9,12-13,16,20,23-25H,3-5,10-11,14-15,17-19,21H2,1-2H3/t25-/m1/s1. The number of pyridine rings is 1. The molecule has 1 aliphatic carbocycles. The van der Waals surface area contributed by atoms with Crippen LogP contribution < -0.4 is 4.74 Å². The maximum absolute atomic E-state index is 13.4. The number of methoxy groups -OCH3 is 1. The van der Waals surface area contributed by atoms with E-state index in [-0.39, 0.29) is 12.0 Å². The Morgan fingerprint density at radius 3 is 2.55 bits per heavy atom. The molecule has 1 amide bonds. The quantitative estimate of drug-likeness (QED) is 0.574. The number of amides is 1. The van der Waals surface area contributed by atoms with Crippen molar-refractivity contribution in [2.24, 2.45) is 5.92 Å². The molecule has 1 saturated carbocycles. The van der Waals surface area contributed by atoms with E-state index in [0.717, 1.165) is 57.5 Å². The Morgan fingerprint density at radius 2 is 1.85 bits per heavy atom. The van der Waals surface area contributed by atoms with Gasteiger partial charge in [-0.05, 0) is 74.4 Å². The van der Waals surface area contributed by atoms with Crippen LogP contribution in [0.15, 0.2) is 48.8 Å². The minimum Gasteiger partial charge on any atom is -0.496 e. The summed E-state index contributed by atoms with van der Waals surface area (Å²) in [6.45, 7) is 3.03. The van der Waals surface area contributed by atoms with Crippen LogP contribution in [0.25, 0.3) is 0 Å². The van der Waals surface area contributed by atoms with E-state index in [1.807, 2.05) is 31.6 Å². The highest BCUT2D eigenvalue weighted by Crippen LogP contribution is 2.34. The van der Waals surface area contributed by atoms with Gasteiger partial charge >= 0.3 is 0 Å². The Labute approximate surface area is 199 Å². The molecule has 0 N–H and O–H groups in total. The molecule has 1 aromatic heterocycles. The number of aromatic nitrogens is 1. The summed E-state index contributed by atoms with van der Waals surface area (Å²) in [5.41, 5.74) is 2.53. The first-order valence-electron chi connectivity index (χ1n) is 12.7. The van der Waals surface area contributed by atoms with Crippen LogP contribution in [0.5, 0.6) is 5.75 Å². The Bertz CT molecular complexity index is 874. The number of hydrogen-bond donors (Lipinski definition) is 0. The van der Waals surface area contributed by atoms with Crippen LogP contribution in [0.1, 0.15) is 62.0 Å². The maximum atomic E-state index is 13.4. The number of piperidine rings is 1. The van der Waals surface area contributed by atoms with Gasteiger partial charge in [-0.3, -0.25) is 9.78 Å². The number of carbonyl (C=O) groups excluding carboxylic acids is 1. The third kappa shape index (κ3) is 6.14. The van der Waals surface area contributed by atoms with Crippen molar-refractivity contribution >= 4 is 5.91 Å². The van der Waals surface area contributed by atoms with Crippen molar-refractivity contribution < 1.29 is 9.53 Å². The summed E-state index contributed by atoms with van der Waals surface area (Å²) in [7, 11) is 3.79. The van der Waals surface area contributed by atoms with Crippen LogP contribution in [-0.2, 0) is 11.2 Å². The van der Waals surface area contributed by atoms with Gasteiger partial charge in [-0.2, -0.15) is 0 Å². The van der Waals surface area contributed by atoms with Gasteiger partial charge in [0.2, 0.25) is 5.91 Å². The van der Waals surface area contributed by atoms with E-state index in [2.05, 4.69) is 39.0 Å². The van der Waals surface area contributed by atoms with Gasteiger partial charge in [0.05, 0.1) is 7.11 Å². The fourth-order valence-corrected chi connectivity index (χ4v) is 5.66. The zero-order chi connectivity index (χ0) is 23.0. The number of carbonyl (C=O) groups is 1. The van der Waals surface area contributed by atoms with E-state index in [1.165, 1.54) is 30.4 Å². The number of hydrogen-bond acceptors (Lipinski definition) is 4. The molecular weight excluding hydrogens is 410 g/mol. The summed E-state index contributed by atoms with van der Waals surface area (Å²) in [5, 5.41) is 0. The highest BCUT2D eigenvalue weighted by Gasteiger charge is 2.31. The molecule has 1 aromatic carbocycles. The van der Waals surface area contributed by atoms with E-state index in [1.54, 1.807) is 7.11 Å². The number of rotatable bonds is 8. The first kappa shape index (κ1) is 23.7. The molecule has 0 spiro atoms. The van der Waals surface area contributed by atoms with E-state index >= 15 is 0 Å². The van der Waals surface area contributed by atoms with Crippen molar-refractivity contribution in [2.75, 3.05) is 33.8 Å². The van der Waals surface area contributed by atoms with Crippen LogP contribution in [0.2, 0.25) is 0 Å².